The quantitative estimate of drug-likeness (QED) is 0.409. The van der Waals surface area contributed by atoms with E-state index in [4.69, 9.17) is 0 Å². The van der Waals surface area contributed by atoms with Crippen LogP contribution in [0.3, 0.4) is 0 Å². The maximum absolute atomic E-state index is 13.7. The Labute approximate surface area is 223 Å². The first-order valence-corrected chi connectivity index (χ1v) is 14.0. The van der Waals surface area contributed by atoms with Crippen molar-refractivity contribution in [3.05, 3.63) is 87.0 Å². The van der Waals surface area contributed by atoms with Gasteiger partial charge in [-0.25, -0.2) is 4.68 Å². The number of H-pyrrole nitrogens is 1. The summed E-state index contributed by atoms with van der Waals surface area (Å²) < 4.78 is 2.03. The highest BCUT2D eigenvalue weighted by atomic mass is 16.1. The van der Waals surface area contributed by atoms with Crippen LogP contribution in [0.4, 0.5) is 0 Å². The van der Waals surface area contributed by atoms with E-state index in [1.54, 1.807) is 0 Å². The van der Waals surface area contributed by atoms with Crippen LogP contribution in [0.15, 0.2) is 53.3 Å². The van der Waals surface area contributed by atoms with Gasteiger partial charge in [0.25, 0.3) is 5.56 Å². The third-order valence-electron chi connectivity index (χ3n) is 8.47. The number of nitrogens with zero attached hydrogens (tertiary/aromatic N) is 6. The molecule has 198 valence electrons. The van der Waals surface area contributed by atoms with Gasteiger partial charge in [0.2, 0.25) is 0 Å². The standard InChI is InChI=1S/C30H37N7O/c1-21-13-14-22(2)27-25(21)19-26(30(38)31-27)28(29-32-33-34-37(29)24-11-7-4-8-12-24)36-17-15-35(16-18-36)20-23-9-5-3-6-10-23/h3,5-6,9-10,13-14,19,24,28H,4,7-8,11-12,15-18,20H2,1-2H3,(H,31,38)/t28-/m0/s1. The zero-order valence-electron chi connectivity index (χ0n) is 22.4. The number of aromatic amines is 1. The summed E-state index contributed by atoms with van der Waals surface area (Å²) in [5, 5.41) is 14.3. The van der Waals surface area contributed by atoms with Crippen molar-refractivity contribution in [1.82, 2.24) is 35.0 Å². The molecule has 8 heteroatoms. The molecule has 3 heterocycles. The Morgan fingerprint density at radius 3 is 2.45 bits per heavy atom. The van der Waals surface area contributed by atoms with Crippen molar-refractivity contribution >= 4 is 10.9 Å². The molecule has 6 rings (SSSR count). The number of hydrogen-bond acceptors (Lipinski definition) is 6. The SMILES string of the molecule is Cc1ccc(C)c2[nH]c(=O)c([C@@H](c3nnnn3C3CCCCC3)N3CCN(Cc4ccccc4)CC3)cc12. The molecule has 0 radical (unpaired) electrons. The number of fused-ring (bicyclic) bond motifs is 1. The molecule has 0 bridgehead atoms. The molecule has 8 nitrogen and oxygen atoms in total. The number of aromatic nitrogens is 5. The summed E-state index contributed by atoms with van der Waals surface area (Å²) in [5.74, 6) is 0.795. The Balaban J connectivity index is 1.37. The van der Waals surface area contributed by atoms with E-state index in [0.29, 0.717) is 6.04 Å². The Kier molecular flexibility index (Phi) is 7.08. The number of piperazine rings is 1. The normalized spacial score (nSPS) is 18.7. The number of benzene rings is 2. The van der Waals surface area contributed by atoms with Crippen LogP contribution in [0.25, 0.3) is 10.9 Å². The summed E-state index contributed by atoms with van der Waals surface area (Å²) >= 11 is 0. The number of rotatable bonds is 6. The van der Waals surface area contributed by atoms with Crippen molar-refractivity contribution in [3.63, 3.8) is 0 Å². The third-order valence-corrected chi connectivity index (χ3v) is 8.47. The first-order chi connectivity index (χ1) is 18.6. The van der Waals surface area contributed by atoms with Gasteiger partial charge in [0, 0.05) is 43.7 Å². The Hall–Kier alpha value is -3.36. The highest BCUT2D eigenvalue weighted by Gasteiger charge is 2.34. The summed E-state index contributed by atoms with van der Waals surface area (Å²) in [6.07, 6.45) is 5.83. The number of hydrogen-bond donors (Lipinski definition) is 1. The number of pyridine rings is 1. The van der Waals surface area contributed by atoms with Gasteiger partial charge in [0.15, 0.2) is 5.82 Å². The fourth-order valence-corrected chi connectivity index (χ4v) is 6.28. The van der Waals surface area contributed by atoms with Crippen LogP contribution in [0.5, 0.6) is 0 Å². The van der Waals surface area contributed by atoms with Gasteiger partial charge in [-0.3, -0.25) is 14.6 Å². The summed E-state index contributed by atoms with van der Waals surface area (Å²) in [5.41, 5.74) is 5.15. The van der Waals surface area contributed by atoms with E-state index in [1.807, 2.05) is 11.6 Å². The summed E-state index contributed by atoms with van der Waals surface area (Å²) in [6.45, 7) is 8.64. The molecule has 1 saturated carbocycles. The zero-order chi connectivity index (χ0) is 26.1. The van der Waals surface area contributed by atoms with Gasteiger partial charge in [-0.2, -0.15) is 0 Å². The highest BCUT2D eigenvalue weighted by Crippen LogP contribution is 2.34. The van der Waals surface area contributed by atoms with Gasteiger partial charge in [-0.15, -0.1) is 5.10 Å². The summed E-state index contributed by atoms with van der Waals surface area (Å²) in [7, 11) is 0. The second-order valence-electron chi connectivity index (χ2n) is 11.0. The van der Waals surface area contributed by atoms with Crippen LogP contribution < -0.4 is 5.56 Å². The highest BCUT2D eigenvalue weighted by molar-refractivity contribution is 5.85. The molecule has 0 spiro atoms. The van der Waals surface area contributed by atoms with Crippen molar-refractivity contribution in [2.24, 2.45) is 0 Å². The van der Waals surface area contributed by atoms with Crippen LogP contribution in [0.2, 0.25) is 0 Å². The van der Waals surface area contributed by atoms with E-state index < -0.39 is 0 Å². The van der Waals surface area contributed by atoms with E-state index in [2.05, 4.69) is 85.8 Å². The fraction of sp³-hybridized carbons (Fsp3) is 0.467. The van der Waals surface area contributed by atoms with Crippen molar-refractivity contribution in [2.75, 3.05) is 26.2 Å². The Bertz CT molecular complexity index is 1450. The molecular weight excluding hydrogens is 474 g/mol. The lowest BCUT2D eigenvalue weighted by Crippen LogP contribution is -2.48. The molecule has 4 aromatic rings. The molecule has 2 aromatic heterocycles. The van der Waals surface area contributed by atoms with Gasteiger partial charge >= 0.3 is 0 Å². The molecule has 0 unspecified atom stereocenters. The van der Waals surface area contributed by atoms with Crippen LogP contribution in [-0.4, -0.2) is 61.2 Å². The number of tetrazole rings is 1. The maximum Gasteiger partial charge on any atom is 0.253 e. The molecule has 2 aromatic carbocycles. The van der Waals surface area contributed by atoms with E-state index in [1.165, 1.54) is 24.8 Å². The lowest BCUT2D eigenvalue weighted by molar-refractivity contribution is 0.0982. The second kappa shape index (κ2) is 10.8. The minimum absolute atomic E-state index is 0.0545. The summed E-state index contributed by atoms with van der Waals surface area (Å²) in [6, 6.07) is 16.9. The molecule has 2 aliphatic rings. The van der Waals surface area contributed by atoms with E-state index >= 15 is 0 Å². The average Bonchev–Trinajstić information content (AvgIpc) is 3.43. The molecule has 1 saturated heterocycles. The van der Waals surface area contributed by atoms with Crippen LogP contribution in [0.1, 0.15) is 72.3 Å². The lowest BCUT2D eigenvalue weighted by atomic mass is 9.94. The average molecular weight is 512 g/mol. The fourth-order valence-electron chi connectivity index (χ4n) is 6.28. The molecule has 38 heavy (non-hydrogen) atoms. The molecule has 0 amide bonds. The molecule has 1 aliphatic heterocycles. The molecule has 1 atom stereocenters. The first-order valence-electron chi connectivity index (χ1n) is 14.0. The predicted octanol–water partition coefficient (Wildman–Crippen LogP) is 4.54. The number of aryl methyl sites for hydroxylation is 2. The van der Waals surface area contributed by atoms with Gasteiger partial charge in [0.1, 0.15) is 6.04 Å². The van der Waals surface area contributed by atoms with Crippen LogP contribution >= 0.6 is 0 Å². The second-order valence-corrected chi connectivity index (χ2v) is 11.0. The van der Waals surface area contributed by atoms with Crippen LogP contribution in [0, 0.1) is 13.8 Å². The maximum atomic E-state index is 13.7. The third kappa shape index (κ3) is 4.90. The van der Waals surface area contributed by atoms with E-state index in [9.17, 15) is 4.79 Å². The topological polar surface area (TPSA) is 82.9 Å². The van der Waals surface area contributed by atoms with Gasteiger partial charge < -0.3 is 4.98 Å². The Morgan fingerprint density at radius 1 is 0.947 bits per heavy atom. The smallest absolute Gasteiger partial charge is 0.253 e. The Morgan fingerprint density at radius 2 is 1.68 bits per heavy atom. The van der Waals surface area contributed by atoms with E-state index in [0.717, 1.165) is 79.0 Å². The first kappa shape index (κ1) is 24.9. The molecular formula is C30H37N7O. The van der Waals surface area contributed by atoms with Crippen molar-refractivity contribution < 1.29 is 0 Å². The largest absolute Gasteiger partial charge is 0.321 e. The molecule has 1 aliphatic carbocycles. The minimum Gasteiger partial charge on any atom is -0.321 e. The monoisotopic (exact) mass is 511 g/mol. The van der Waals surface area contributed by atoms with Gasteiger partial charge in [0.05, 0.1) is 11.6 Å². The van der Waals surface area contributed by atoms with E-state index in [-0.39, 0.29) is 11.6 Å². The lowest BCUT2D eigenvalue weighted by Gasteiger charge is -2.39. The molecule has 2 fully saturated rings. The number of nitrogens with one attached hydrogen (secondary N) is 1. The van der Waals surface area contributed by atoms with Crippen molar-refractivity contribution in [2.45, 2.75) is 64.6 Å². The van der Waals surface area contributed by atoms with Crippen LogP contribution in [-0.2, 0) is 6.54 Å². The molecule has 1 N–H and O–H groups in total. The summed E-state index contributed by atoms with van der Waals surface area (Å²) in [4.78, 5) is 21.8. The van der Waals surface area contributed by atoms with Crippen molar-refractivity contribution in [3.8, 4) is 0 Å². The van der Waals surface area contributed by atoms with Gasteiger partial charge in [-0.1, -0.05) is 61.7 Å². The van der Waals surface area contributed by atoms with Gasteiger partial charge in [-0.05, 0) is 59.9 Å². The minimum atomic E-state index is -0.293. The van der Waals surface area contributed by atoms with Crippen molar-refractivity contribution in [1.29, 1.82) is 0 Å². The zero-order valence-corrected chi connectivity index (χ0v) is 22.4. The predicted molar refractivity (Wildman–Crippen MR) is 149 cm³/mol.